The van der Waals surface area contributed by atoms with Crippen LogP contribution < -0.4 is 0 Å². The summed E-state index contributed by atoms with van der Waals surface area (Å²) in [5.74, 6) is -2.52. The Kier molecular flexibility index (Phi) is 11.0. The van der Waals surface area contributed by atoms with Crippen LogP contribution >= 0.6 is 0 Å². The van der Waals surface area contributed by atoms with Crippen LogP contribution in [0, 0.1) is 5.92 Å². The molecule has 0 aromatic rings. The van der Waals surface area contributed by atoms with Gasteiger partial charge in [0, 0.05) is 12.3 Å². The van der Waals surface area contributed by atoms with Gasteiger partial charge in [-0.3, -0.25) is 0 Å². The Morgan fingerprint density at radius 1 is 0.680 bits per heavy atom. The Labute approximate surface area is 146 Å². The molecule has 0 aromatic carbocycles. The fraction of sp³-hybridized carbons (Fsp3) is 1.00. The molecule has 0 spiro atoms. The molecule has 0 unspecified atom stereocenters. The molecule has 0 amide bonds. The zero-order chi connectivity index (χ0) is 19.6. The normalized spacial score (nSPS) is 13.7. The molecule has 0 bridgehead atoms. The lowest BCUT2D eigenvalue weighted by atomic mass is 9.95. The molecule has 152 valence electrons. The van der Waals surface area contributed by atoms with E-state index < -0.39 is 37.3 Å². The summed E-state index contributed by atoms with van der Waals surface area (Å²) >= 11 is 0. The molecule has 0 aromatic heterocycles. The second kappa shape index (κ2) is 11.3. The maximum Gasteiger partial charge on any atom is 0.411 e. The van der Waals surface area contributed by atoms with Crippen LogP contribution in [0.15, 0.2) is 0 Å². The second-order valence-electron chi connectivity index (χ2n) is 6.65. The van der Waals surface area contributed by atoms with E-state index in [1.54, 1.807) is 0 Å². The van der Waals surface area contributed by atoms with Crippen molar-refractivity contribution in [1.29, 1.82) is 0 Å². The van der Waals surface area contributed by atoms with Crippen molar-refractivity contribution < 1.29 is 35.8 Å². The van der Waals surface area contributed by atoms with Gasteiger partial charge < -0.3 is 9.47 Å². The van der Waals surface area contributed by atoms with Crippen LogP contribution in [-0.4, -0.2) is 31.4 Å². The number of hydrogen-bond acceptors (Lipinski definition) is 2. The molecule has 0 saturated heterocycles. The Morgan fingerprint density at radius 2 is 1.08 bits per heavy atom. The number of unbranched alkanes of at least 4 members (excludes halogenated alkanes) is 6. The zero-order valence-corrected chi connectivity index (χ0v) is 15.2. The summed E-state index contributed by atoms with van der Waals surface area (Å²) in [6, 6.07) is 0. The average Bonchev–Trinajstić information content (AvgIpc) is 2.46. The first-order valence-electron chi connectivity index (χ1n) is 8.83. The third-order valence-corrected chi connectivity index (χ3v) is 3.97. The van der Waals surface area contributed by atoms with Crippen molar-refractivity contribution in [3.63, 3.8) is 0 Å². The van der Waals surface area contributed by atoms with Crippen molar-refractivity contribution in [3.05, 3.63) is 0 Å². The molecule has 2 nitrogen and oxygen atoms in total. The molecule has 25 heavy (non-hydrogen) atoms. The van der Waals surface area contributed by atoms with Crippen molar-refractivity contribution in [2.75, 3.05) is 13.2 Å². The van der Waals surface area contributed by atoms with E-state index in [2.05, 4.69) is 6.92 Å². The second-order valence-corrected chi connectivity index (χ2v) is 6.65. The summed E-state index contributed by atoms with van der Waals surface area (Å²) in [6.07, 6.45) is -2.84. The molecule has 0 aliphatic heterocycles. The summed E-state index contributed by atoms with van der Waals surface area (Å²) in [5.41, 5.74) is 0. The lowest BCUT2D eigenvalue weighted by Gasteiger charge is -2.38. The maximum atomic E-state index is 12.5. The first-order chi connectivity index (χ1) is 11.4. The molecule has 0 fully saturated rings. The van der Waals surface area contributed by atoms with Gasteiger partial charge in [0.25, 0.3) is 0 Å². The van der Waals surface area contributed by atoms with Crippen molar-refractivity contribution in [2.45, 2.75) is 90.3 Å². The minimum absolute atomic E-state index is 0.00457. The topological polar surface area (TPSA) is 18.5 Å². The van der Waals surface area contributed by atoms with Gasteiger partial charge in [0.2, 0.25) is 0 Å². The first-order valence-corrected chi connectivity index (χ1v) is 8.83. The van der Waals surface area contributed by atoms with Crippen molar-refractivity contribution in [2.24, 2.45) is 5.92 Å². The summed E-state index contributed by atoms with van der Waals surface area (Å²) in [6.45, 7) is 1.86. The highest BCUT2D eigenvalue weighted by Gasteiger charge is 2.43. The van der Waals surface area contributed by atoms with Crippen LogP contribution in [0.25, 0.3) is 0 Å². The Morgan fingerprint density at radius 3 is 1.44 bits per heavy atom. The van der Waals surface area contributed by atoms with Gasteiger partial charge in [-0.1, -0.05) is 59.3 Å². The molecule has 0 aliphatic carbocycles. The molecule has 0 atom stereocenters. The number of ether oxygens (including phenoxy) is 2. The van der Waals surface area contributed by atoms with Gasteiger partial charge in [0.15, 0.2) is 5.79 Å². The van der Waals surface area contributed by atoms with Crippen molar-refractivity contribution >= 4 is 0 Å². The van der Waals surface area contributed by atoms with Crippen LogP contribution in [0.1, 0.15) is 72.1 Å². The smallest absolute Gasteiger partial charge is 0.340 e. The monoisotopic (exact) mass is 380 g/mol. The molecule has 0 aliphatic rings. The average molecular weight is 380 g/mol. The van der Waals surface area contributed by atoms with E-state index in [-0.39, 0.29) is 6.42 Å². The predicted molar refractivity (Wildman–Crippen MR) is 84.2 cm³/mol. The maximum absolute atomic E-state index is 12.5. The van der Waals surface area contributed by atoms with E-state index in [0.717, 1.165) is 38.5 Å². The predicted octanol–water partition coefficient (Wildman–Crippen LogP) is 6.64. The van der Waals surface area contributed by atoms with E-state index in [1.165, 1.54) is 13.8 Å². The van der Waals surface area contributed by atoms with Crippen LogP contribution in [0.5, 0.6) is 0 Å². The summed E-state index contributed by atoms with van der Waals surface area (Å²) < 4.78 is 84.6. The quantitative estimate of drug-likeness (QED) is 0.203. The van der Waals surface area contributed by atoms with Gasteiger partial charge in [-0.05, 0) is 6.42 Å². The van der Waals surface area contributed by atoms with E-state index in [9.17, 15) is 26.3 Å². The Balaban J connectivity index is 4.71. The molecule has 0 radical (unpaired) electrons. The number of alkyl halides is 6. The molecular weight excluding hydrogens is 350 g/mol. The standard InChI is InChI=1S/C17H30F6O2/c1-4-5-6-7-8-9-10-11-15(14(2)3,24-12-16(18,19)20)25-13-17(21,22)23/h14H,4-13H2,1-3H3. The van der Waals surface area contributed by atoms with Crippen LogP contribution in [0.2, 0.25) is 0 Å². The number of rotatable bonds is 13. The minimum atomic E-state index is -4.62. The molecule has 8 heteroatoms. The highest BCUT2D eigenvalue weighted by Crippen LogP contribution is 2.34. The van der Waals surface area contributed by atoms with E-state index in [4.69, 9.17) is 9.47 Å². The lowest BCUT2D eigenvalue weighted by molar-refractivity contribution is -0.327. The van der Waals surface area contributed by atoms with Gasteiger partial charge in [-0.15, -0.1) is 0 Å². The summed E-state index contributed by atoms with van der Waals surface area (Å²) in [5, 5.41) is 0. The molecule has 0 N–H and O–H groups in total. The lowest BCUT2D eigenvalue weighted by Crippen LogP contribution is -2.45. The fourth-order valence-electron chi connectivity index (χ4n) is 2.54. The largest absolute Gasteiger partial charge is 0.411 e. The Bertz CT molecular complexity index is 321. The van der Waals surface area contributed by atoms with Crippen molar-refractivity contribution in [3.8, 4) is 0 Å². The molecule has 0 rings (SSSR count). The summed E-state index contributed by atoms with van der Waals surface area (Å²) in [4.78, 5) is 0. The van der Waals surface area contributed by atoms with Gasteiger partial charge in [0.1, 0.15) is 13.2 Å². The third-order valence-electron chi connectivity index (χ3n) is 3.97. The molecular formula is C17H30F6O2. The molecule has 0 saturated carbocycles. The minimum Gasteiger partial charge on any atom is -0.340 e. The van der Waals surface area contributed by atoms with Crippen LogP contribution in [-0.2, 0) is 9.47 Å². The van der Waals surface area contributed by atoms with Crippen molar-refractivity contribution in [1.82, 2.24) is 0 Å². The van der Waals surface area contributed by atoms with E-state index in [1.807, 2.05) is 0 Å². The van der Waals surface area contributed by atoms with Crippen LogP contribution in [0.3, 0.4) is 0 Å². The first kappa shape index (κ1) is 24.5. The van der Waals surface area contributed by atoms with E-state index in [0.29, 0.717) is 6.42 Å². The van der Waals surface area contributed by atoms with E-state index >= 15 is 0 Å². The highest BCUT2D eigenvalue weighted by atomic mass is 19.4. The molecule has 0 heterocycles. The zero-order valence-electron chi connectivity index (χ0n) is 15.2. The van der Waals surface area contributed by atoms with Gasteiger partial charge in [-0.25, -0.2) is 0 Å². The number of halogens is 6. The van der Waals surface area contributed by atoms with Gasteiger partial charge in [0.05, 0.1) is 0 Å². The SMILES string of the molecule is CCCCCCCCCC(OCC(F)(F)F)(OCC(F)(F)F)C(C)C. The number of hydrogen-bond donors (Lipinski definition) is 0. The fourth-order valence-corrected chi connectivity index (χ4v) is 2.54. The van der Waals surface area contributed by atoms with Gasteiger partial charge in [-0.2, -0.15) is 26.3 Å². The third kappa shape index (κ3) is 12.5. The highest BCUT2D eigenvalue weighted by molar-refractivity contribution is 4.76. The summed E-state index contributed by atoms with van der Waals surface area (Å²) in [7, 11) is 0. The van der Waals surface area contributed by atoms with Gasteiger partial charge >= 0.3 is 12.4 Å². The van der Waals surface area contributed by atoms with Crippen LogP contribution in [0.4, 0.5) is 26.3 Å². The Hall–Kier alpha value is -0.500.